The standard InChI is InChI=1S/C16H17N5O2/c1-12(22)20-15-4-2-3-14(9-15)18-11-16(23)21-19-10-13-5-7-17-8-6-13/h2-10,18H,11H2,1H3,(H,20,22)(H,21,23). The minimum atomic E-state index is -0.278. The summed E-state index contributed by atoms with van der Waals surface area (Å²) in [7, 11) is 0. The molecular formula is C16H17N5O2. The summed E-state index contributed by atoms with van der Waals surface area (Å²) in [5.41, 5.74) is 4.66. The molecule has 0 saturated carbocycles. The van der Waals surface area contributed by atoms with Crippen LogP contribution in [0, 0.1) is 0 Å². The van der Waals surface area contributed by atoms with Crippen LogP contribution in [-0.2, 0) is 9.59 Å². The summed E-state index contributed by atoms with van der Waals surface area (Å²) in [6.45, 7) is 1.51. The Bertz CT molecular complexity index is 701. The molecule has 0 aliphatic rings. The van der Waals surface area contributed by atoms with Crippen molar-refractivity contribution in [1.29, 1.82) is 0 Å². The zero-order valence-corrected chi connectivity index (χ0v) is 12.6. The average molecular weight is 311 g/mol. The van der Waals surface area contributed by atoms with Crippen molar-refractivity contribution in [3.05, 3.63) is 54.4 Å². The van der Waals surface area contributed by atoms with Gasteiger partial charge in [0.25, 0.3) is 5.91 Å². The first-order chi connectivity index (χ1) is 11.1. The molecule has 1 aromatic heterocycles. The lowest BCUT2D eigenvalue weighted by molar-refractivity contribution is -0.119. The summed E-state index contributed by atoms with van der Waals surface area (Å²) in [5, 5.41) is 9.50. The maximum absolute atomic E-state index is 11.7. The van der Waals surface area contributed by atoms with Crippen LogP contribution in [0.2, 0.25) is 0 Å². The van der Waals surface area contributed by atoms with Gasteiger partial charge in [0.1, 0.15) is 0 Å². The Balaban J connectivity index is 1.80. The van der Waals surface area contributed by atoms with Gasteiger partial charge in [-0.15, -0.1) is 0 Å². The molecule has 1 aromatic carbocycles. The molecule has 1 heterocycles. The topological polar surface area (TPSA) is 95.5 Å². The number of nitrogens with zero attached hydrogens (tertiary/aromatic N) is 2. The Hall–Kier alpha value is -3.22. The smallest absolute Gasteiger partial charge is 0.259 e. The highest BCUT2D eigenvalue weighted by Gasteiger charge is 2.01. The molecular weight excluding hydrogens is 294 g/mol. The Morgan fingerprint density at radius 2 is 1.91 bits per heavy atom. The van der Waals surface area contributed by atoms with Crippen LogP contribution in [0.4, 0.5) is 11.4 Å². The van der Waals surface area contributed by atoms with Crippen LogP contribution < -0.4 is 16.1 Å². The zero-order chi connectivity index (χ0) is 16.5. The van der Waals surface area contributed by atoms with Crippen molar-refractivity contribution in [2.75, 3.05) is 17.2 Å². The molecule has 2 aromatic rings. The Morgan fingerprint density at radius 3 is 2.65 bits per heavy atom. The first kappa shape index (κ1) is 16.2. The third kappa shape index (κ3) is 5.96. The Labute approximate surface area is 133 Å². The number of aromatic nitrogens is 1. The molecule has 0 bridgehead atoms. The zero-order valence-electron chi connectivity index (χ0n) is 12.6. The van der Waals surface area contributed by atoms with Gasteiger partial charge in [-0.25, -0.2) is 5.43 Å². The molecule has 0 aliphatic heterocycles. The monoisotopic (exact) mass is 311 g/mol. The van der Waals surface area contributed by atoms with E-state index in [0.717, 1.165) is 11.3 Å². The number of pyridine rings is 1. The van der Waals surface area contributed by atoms with Crippen molar-refractivity contribution in [3.8, 4) is 0 Å². The largest absolute Gasteiger partial charge is 0.376 e. The lowest BCUT2D eigenvalue weighted by Crippen LogP contribution is -2.25. The predicted molar refractivity (Wildman–Crippen MR) is 89.2 cm³/mol. The van der Waals surface area contributed by atoms with E-state index in [1.54, 1.807) is 48.8 Å². The van der Waals surface area contributed by atoms with E-state index >= 15 is 0 Å². The maximum atomic E-state index is 11.7. The number of benzene rings is 1. The highest BCUT2D eigenvalue weighted by molar-refractivity contribution is 5.89. The lowest BCUT2D eigenvalue weighted by Gasteiger charge is -2.07. The summed E-state index contributed by atoms with van der Waals surface area (Å²) in [6.07, 6.45) is 4.83. The van der Waals surface area contributed by atoms with Crippen LogP contribution in [0.3, 0.4) is 0 Å². The fourth-order valence-corrected chi connectivity index (χ4v) is 1.76. The minimum absolute atomic E-state index is 0.0667. The van der Waals surface area contributed by atoms with Crippen LogP contribution in [0.15, 0.2) is 53.9 Å². The molecule has 0 atom stereocenters. The van der Waals surface area contributed by atoms with Gasteiger partial charge in [0, 0.05) is 30.7 Å². The van der Waals surface area contributed by atoms with Gasteiger partial charge in [0.2, 0.25) is 5.91 Å². The van der Waals surface area contributed by atoms with Gasteiger partial charge in [-0.3, -0.25) is 14.6 Å². The van der Waals surface area contributed by atoms with E-state index in [9.17, 15) is 9.59 Å². The van der Waals surface area contributed by atoms with E-state index in [-0.39, 0.29) is 18.4 Å². The quantitative estimate of drug-likeness (QED) is 0.558. The summed E-state index contributed by atoms with van der Waals surface area (Å²) >= 11 is 0. The normalized spacial score (nSPS) is 10.3. The molecule has 2 rings (SSSR count). The van der Waals surface area contributed by atoms with E-state index in [2.05, 4.69) is 26.1 Å². The van der Waals surface area contributed by atoms with E-state index in [1.807, 2.05) is 0 Å². The minimum Gasteiger partial charge on any atom is -0.376 e. The predicted octanol–water partition coefficient (Wildman–Crippen LogP) is 1.60. The first-order valence-electron chi connectivity index (χ1n) is 6.97. The summed E-state index contributed by atoms with van der Waals surface area (Å²) in [5.74, 6) is -0.425. The Morgan fingerprint density at radius 1 is 1.17 bits per heavy atom. The van der Waals surface area contributed by atoms with Gasteiger partial charge in [-0.2, -0.15) is 5.10 Å². The molecule has 7 heteroatoms. The highest BCUT2D eigenvalue weighted by Crippen LogP contribution is 2.14. The average Bonchev–Trinajstić information content (AvgIpc) is 2.54. The fraction of sp³-hybridized carbons (Fsp3) is 0.125. The number of amides is 2. The highest BCUT2D eigenvalue weighted by atomic mass is 16.2. The number of carbonyl (C=O) groups excluding carboxylic acids is 2. The van der Waals surface area contributed by atoms with Crippen LogP contribution >= 0.6 is 0 Å². The number of hydrogen-bond donors (Lipinski definition) is 3. The van der Waals surface area contributed by atoms with Crippen LogP contribution in [0.1, 0.15) is 12.5 Å². The molecule has 0 unspecified atom stereocenters. The third-order valence-electron chi connectivity index (χ3n) is 2.74. The SMILES string of the molecule is CC(=O)Nc1cccc(NCC(=O)NN=Cc2ccncc2)c1. The maximum Gasteiger partial charge on any atom is 0.259 e. The van der Waals surface area contributed by atoms with Crippen molar-refractivity contribution in [2.24, 2.45) is 5.10 Å². The van der Waals surface area contributed by atoms with E-state index in [0.29, 0.717) is 5.69 Å². The summed E-state index contributed by atoms with van der Waals surface area (Å²) in [4.78, 5) is 26.6. The Kier molecular flexibility index (Phi) is 5.81. The van der Waals surface area contributed by atoms with E-state index in [4.69, 9.17) is 0 Å². The molecule has 3 N–H and O–H groups in total. The molecule has 0 spiro atoms. The van der Waals surface area contributed by atoms with Crippen molar-refractivity contribution in [1.82, 2.24) is 10.4 Å². The van der Waals surface area contributed by atoms with Crippen molar-refractivity contribution >= 4 is 29.4 Å². The van der Waals surface area contributed by atoms with Gasteiger partial charge in [0.05, 0.1) is 12.8 Å². The molecule has 7 nitrogen and oxygen atoms in total. The van der Waals surface area contributed by atoms with Gasteiger partial charge in [-0.05, 0) is 35.9 Å². The van der Waals surface area contributed by atoms with Crippen LogP contribution in [0.5, 0.6) is 0 Å². The first-order valence-corrected chi connectivity index (χ1v) is 6.97. The molecule has 118 valence electrons. The van der Waals surface area contributed by atoms with Crippen LogP contribution in [-0.4, -0.2) is 29.6 Å². The second-order valence-electron chi connectivity index (χ2n) is 4.69. The summed E-state index contributed by atoms with van der Waals surface area (Å²) < 4.78 is 0. The van der Waals surface area contributed by atoms with E-state index < -0.39 is 0 Å². The summed E-state index contributed by atoms with van der Waals surface area (Å²) in [6, 6.07) is 10.7. The molecule has 23 heavy (non-hydrogen) atoms. The second kappa shape index (κ2) is 8.28. The van der Waals surface area contributed by atoms with Gasteiger partial charge >= 0.3 is 0 Å². The van der Waals surface area contributed by atoms with Crippen molar-refractivity contribution in [2.45, 2.75) is 6.92 Å². The van der Waals surface area contributed by atoms with E-state index in [1.165, 1.54) is 13.1 Å². The number of nitrogens with one attached hydrogen (secondary N) is 3. The third-order valence-corrected chi connectivity index (χ3v) is 2.74. The second-order valence-corrected chi connectivity index (χ2v) is 4.69. The van der Waals surface area contributed by atoms with Gasteiger partial charge in [0.15, 0.2) is 0 Å². The van der Waals surface area contributed by atoms with Crippen molar-refractivity contribution < 1.29 is 9.59 Å². The molecule has 0 saturated heterocycles. The molecule has 0 aliphatic carbocycles. The van der Waals surface area contributed by atoms with Crippen LogP contribution in [0.25, 0.3) is 0 Å². The van der Waals surface area contributed by atoms with Gasteiger partial charge < -0.3 is 10.6 Å². The van der Waals surface area contributed by atoms with Gasteiger partial charge in [-0.1, -0.05) is 6.07 Å². The number of carbonyl (C=O) groups is 2. The molecule has 0 fully saturated rings. The number of anilines is 2. The number of hydrazone groups is 1. The number of hydrogen-bond acceptors (Lipinski definition) is 5. The lowest BCUT2D eigenvalue weighted by atomic mass is 10.2. The molecule has 2 amide bonds. The fourth-order valence-electron chi connectivity index (χ4n) is 1.76. The number of rotatable bonds is 6. The molecule has 0 radical (unpaired) electrons. The van der Waals surface area contributed by atoms with Crippen molar-refractivity contribution in [3.63, 3.8) is 0 Å².